The summed E-state index contributed by atoms with van der Waals surface area (Å²) in [5, 5.41) is 34.8. The van der Waals surface area contributed by atoms with Gasteiger partial charge in [-0.2, -0.15) is 4.31 Å². The van der Waals surface area contributed by atoms with Crippen LogP contribution in [-0.2, 0) is 73.4 Å². The van der Waals surface area contributed by atoms with E-state index in [-0.39, 0.29) is 65.4 Å². The number of ketones is 1. The number of Topliss-reactive ketones (excluding diaryl/α,β-unsaturated/α-hetero) is 1. The largest absolute Gasteiger partial charge is 0.497 e. The summed E-state index contributed by atoms with van der Waals surface area (Å²) in [5.74, 6) is 3.19. The Hall–Kier alpha value is -9.57. The number of ether oxygens (including phenoxy) is 3. The molecule has 6 N–H and O–H groups in total. The Morgan fingerprint density at radius 1 is 0.561 bits per heavy atom. The average molecular weight is 1510 g/mol. The molecule has 3 aliphatic carbocycles. The van der Waals surface area contributed by atoms with Gasteiger partial charge in [-0.05, 0) is 171 Å². The fraction of sp³-hybridized carbons (Fsp3) is 0.341. The van der Waals surface area contributed by atoms with Gasteiger partial charge >= 0.3 is 0 Å². The third kappa shape index (κ3) is 17.7. The molecule has 9 aromatic rings. The number of methoxy groups -OCH3 is 1. The van der Waals surface area contributed by atoms with Crippen LogP contribution >= 0.6 is 0 Å². The van der Waals surface area contributed by atoms with Crippen LogP contribution in [0.2, 0.25) is 0 Å². The van der Waals surface area contributed by atoms with Gasteiger partial charge in [0, 0.05) is 47.6 Å². The molecule has 0 bridgehead atoms. The number of pyridine rings is 3. The zero-order valence-corrected chi connectivity index (χ0v) is 62.5. The number of aliphatic hydroxyl groups is 3. The number of aryl methyl sites for hydroxylation is 1. The number of anilines is 2. The van der Waals surface area contributed by atoms with Crippen LogP contribution in [0.3, 0.4) is 0 Å². The number of nitrogens with zero attached hydrogens (tertiary/aromatic N) is 4. The second-order valence-electron chi connectivity index (χ2n) is 28.1. The van der Waals surface area contributed by atoms with Gasteiger partial charge in [-0.1, -0.05) is 141 Å². The topological polar surface area (TPSA) is 320 Å². The van der Waals surface area contributed by atoms with Crippen molar-refractivity contribution >= 4 is 59.1 Å². The van der Waals surface area contributed by atoms with Gasteiger partial charge < -0.3 is 40.2 Å². The molecule has 5 aliphatic rings. The zero-order valence-electron chi connectivity index (χ0n) is 60.0. The summed E-state index contributed by atoms with van der Waals surface area (Å²) in [5.41, 5.74) is 5.92. The summed E-state index contributed by atoms with van der Waals surface area (Å²) in [6.07, 6.45) is 11.5. The van der Waals surface area contributed by atoms with Gasteiger partial charge in [0.25, 0.3) is 0 Å². The number of aromatic nitrogens is 3. The van der Waals surface area contributed by atoms with Gasteiger partial charge in [-0.25, -0.2) is 39.9 Å². The van der Waals surface area contributed by atoms with Gasteiger partial charge in [0.1, 0.15) is 33.0 Å². The summed E-state index contributed by atoms with van der Waals surface area (Å²) >= 11 is 0. The molecular weight excluding hydrogens is 1420 g/mol. The molecule has 0 radical (unpaired) electrons. The second-order valence-corrected chi connectivity index (χ2v) is 33.9. The quantitative estimate of drug-likeness (QED) is 0.0293. The van der Waals surface area contributed by atoms with E-state index in [0.717, 1.165) is 109 Å². The minimum absolute atomic E-state index is 0.00621. The number of rotatable bonds is 26. The lowest BCUT2D eigenvalue weighted by Gasteiger charge is -2.36. The summed E-state index contributed by atoms with van der Waals surface area (Å²) < 4.78 is 94.5. The molecule has 6 aromatic carbocycles. The molecular formula is C82H89N7O15S3. The van der Waals surface area contributed by atoms with E-state index in [1.807, 2.05) is 133 Å². The third-order valence-electron chi connectivity index (χ3n) is 21.0. The van der Waals surface area contributed by atoms with E-state index in [2.05, 4.69) is 30.3 Å². The van der Waals surface area contributed by atoms with Crippen LogP contribution in [0.5, 0.6) is 17.2 Å². The van der Waals surface area contributed by atoms with Crippen molar-refractivity contribution in [2.75, 3.05) is 62.9 Å². The van der Waals surface area contributed by atoms with E-state index in [0.29, 0.717) is 65.2 Å². The molecule has 2 aliphatic heterocycles. The highest BCUT2D eigenvalue weighted by Crippen LogP contribution is 2.52. The van der Waals surface area contributed by atoms with E-state index in [9.17, 15) is 55.0 Å². The lowest BCUT2D eigenvalue weighted by molar-refractivity contribution is -0.123. The molecule has 14 rings (SSSR count). The van der Waals surface area contributed by atoms with Crippen LogP contribution in [-0.4, -0.2) is 141 Å². The Kier molecular flexibility index (Phi) is 23.7. The molecule has 1 saturated heterocycles. The maximum Gasteiger partial charge on any atom is 0.243 e. The highest BCUT2D eigenvalue weighted by atomic mass is 32.2. The number of sulfone groups is 1. The Balaban J connectivity index is 0.000000151. The number of carbonyl (C=O) groups excluding carboxylic acids is 3. The van der Waals surface area contributed by atoms with Crippen LogP contribution in [0, 0.1) is 0 Å². The molecule has 0 spiro atoms. The molecule has 5 heterocycles. The standard InChI is InChI=1S/C29H33N3O4S.C28H30N2O7S.C25H26N2O4S/c33-21-24-11-8-20-32(24)37(35,36)25-16-14-22(15-17-25)26-12-7-13-27(30-26)31-28(34)29(18-5-2-6-19-29)23-9-3-1-4-10-23;1-2-27(16-31,17-32)30-38(34,35)22-9-6-19(7-10-22)23-5-3-4-21(29-23)15-26(33)28(12-13-28)20-8-11-24-25(14-20)37-18-36-24;1-31-21-6-3-5-20(17-21)25(14-15-25)24(28)27-23-8-4-7-22(26-23)19-11-9-18(10-12-19)13-16-32(2,29)30/h1,3-4,7,9-10,12-17,24,33H,2,5-6,8,11,18-21H2,(H,30,31,34);3-11,14,30-32H,2,12-13,15-18H2,1H3;3-12,17H,13-16H2,1-2H3,(H,26,27,28)/t24-;;/m1../s1. The van der Waals surface area contributed by atoms with Gasteiger partial charge in [0.05, 0.1) is 81.3 Å². The lowest BCUT2D eigenvalue weighted by atomic mass is 9.68. The van der Waals surface area contributed by atoms with Crippen molar-refractivity contribution in [1.82, 2.24) is 24.0 Å². The van der Waals surface area contributed by atoms with E-state index >= 15 is 0 Å². The first kappa shape index (κ1) is 77.1. The van der Waals surface area contributed by atoms with Crippen molar-refractivity contribution in [1.29, 1.82) is 0 Å². The minimum atomic E-state index is -3.97. The van der Waals surface area contributed by atoms with Gasteiger partial charge in [-0.15, -0.1) is 0 Å². The van der Waals surface area contributed by atoms with Crippen LogP contribution in [0.25, 0.3) is 33.8 Å². The Bertz CT molecular complexity index is 5010. The van der Waals surface area contributed by atoms with Crippen LogP contribution in [0.15, 0.2) is 210 Å². The molecule has 3 saturated carbocycles. The smallest absolute Gasteiger partial charge is 0.243 e. The normalized spacial score (nSPS) is 16.9. The Morgan fingerprint density at radius 2 is 1.09 bits per heavy atom. The van der Waals surface area contributed by atoms with Crippen LogP contribution in [0.1, 0.15) is 112 Å². The summed E-state index contributed by atoms with van der Waals surface area (Å²) in [6, 6.07) is 59.9. The predicted molar refractivity (Wildman–Crippen MR) is 409 cm³/mol. The van der Waals surface area contributed by atoms with Crippen molar-refractivity contribution in [2.45, 2.75) is 134 Å². The van der Waals surface area contributed by atoms with E-state index in [1.54, 1.807) is 68.6 Å². The van der Waals surface area contributed by atoms with Gasteiger partial charge in [-0.3, -0.25) is 19.4 Å². The Labute approximate surface area is 625 Å². The SMILES string of the molecule is CCC(CO)(CO)NS(=O)(=O)c1ccc(-c2cccc(CC(=O)C3(c4ccc5c(c4)OCO5)CC3)n2)cc1.COc1cccc(C2(C(=O)Nc3cccc(-c4ccc(CCS(C)(=O)=O)cc4)n3)CC2)c1.O=C(Nc1cccc(-c2ccc(S(=O)(=O)N3CCC[C@@H]3CO)cc2)n1)C1(c2ccccc2)CCCCC1. The number of sulfonamides is 2. The van der Waals surface area contributed by atoms with Gasteiger partial charge in [0.15, 0.2) is 11.5 Å². The monoisotopic (exact) mass is 1510 g/mol. The highest BCUT2D eigenvalue weighted by Gasteiger charge is 2.52. The molecule has 25 heteroatoms. The fourth-order valence-electron chi connectivity index (χ4n) is 14.1. The Morgan fingerprint density at radius 3 is 1.65 bits per heavy atom. The predicted octanol–water partition coefficient (Wildman–Crippen LogP) is 11.5. The van der Waals surface area contributed by atoms with Crippen LogP contribution < -0.4 is 29.6 Å². The maximum atomic E-state index is 13.6. The fourth-order valence-corrected chi connectivity index (χ4v) is 17.9. The molecule has 2 amide bonds. The van der Waals surface area contributed by atoms with Crippen LogP contribution in [0.4, 0.5) is 11.6 Å². The molecule has 560 valence electrons. The minimum Gasteiger partial charge on any atom is -0.497 e. The first-order chi connectivity index (χ1) is 51.5. The number of aliphatic hydroxyl groups excluding tert-OH is 3. The number of hydrogen-bond acceptors (Lipinski definition) is 18. The van der Waals surface area contributed by atoms with Gasteiger partial charge in [0.2, 0.25) is 38.7 Å². The van der Waals surface area contributed by atoms with Crippen molar-refractivity contribution in [3.05, 3.63) is 228 Å². The molecule has 1 atom stereocenters. The first-order valence-electron chi connectivity index (χ1n) is 36.0. The van der Waals surface area contributed by atoms with Crippen molar-refractivity contribution in [2.24, 2.45) is 0 Å². The first-order valence-corrected chi connectivity index (χ1v) is 41.0. The van der Waals surface area contributed by atoms with E-state index in [1.165, 1.54) is 22.7 Å². The molecule has 3 aromatic heterocycles. The zero-order chi connectivity index (χ0) is 75.6. The summed E-state index contributed by atoms with van der Waals surface area (Å²) in [4.78, 5) is 54.3. The number of carbonyl (C=O) groups is 3. The van der Waals surface area contributed by atoms with E-state index in [4.69, 9.17) is 14.2 Å². The third-order valence-corrected chi connectivity index (χ3v) is 25.5. The number of nitrogens with one attached hydrogen (secondary N) is 3. The van der Waals surface area contributed by atoms with Crippen molar-refractivity contribution < 1.29 is 69.2 Å². The van der Waals surface area contributed by atoms with Crippen molar-refractivity contribution in [3.8, 4) is 51.0 Å². The van der Waals surface area contributed by atoms with E-state index < -0.39 is 64.9 Å². The lowest BCUT2D eigenvalue weighted by Crippen LogP contribution is -2.53. The summed E-state index contributed by atoms with van der Waals surface area (Å²) in [6.45, 7) is 1.06. The molecule has 4 fully saturated rings. The van der Waals surface area contributed by atoms with Crippen molar-refractivity contribution in [3.63, 3.8) is 0 Å². The number of benzene rings is 6. The molecule has 22 nitrogen and oxygen atoms in total. The number of fused-ring (bicyclic) bond motifs is 1. The number of amides is 2. The average Bonchev–Trinajstić information content (AvgIpc) is 1.63. The second kappa shape index (κ2) is 32.9. The maximum absolute atomic E-state index is 13.6. The molecule has 107 heavy (non-hydrogen) atoms. The highest BCUT2D eigenvalue weighted by molar-refractivity contribution is 7.90. The number of hydrogen-bond donors (Lipinski definition) is 6. The molecule has 0 unspecified atom stereocenters. The summed E-state index contributed by atoms with van der Waals surface area (Å²) in [7, 11) is -9.02.